The molecule has 2 atom stereocenters. The Morgan fingerprint density at radius 3 is 2.62 bits per heavy atom. The number of phenolic OH excluding ortho intramolecular Hbond substituents is 1. The van der Waals surface area contributed by atoms with Crippen LogP contribution in [0.4, 0.5) is 4.39 Å². The Hall–Kier alpha value is -1.13. The normalized spacial score (nSPS) is 14.8. The Bertz CT molecular complexity index is 344. The molecule has 0 aromatic heterocycles. The van der Waals surface area contributed by atoms with Gasteiger partial charge in [0.15, 0.2) is 0 Å². The van der Waals surface area contributed by atoms with Crippen molar-refractivity contribution in [2.24, 2.45) is 0 Å². The molecule has 1 unspecified atom stereocenters. The van der Waals surface area contributed by atoms with Crippen molar-refractivity contribution < 1.29 is 14.6 Å². The largest absolute Gasteiger partial charge is 0.508 e. The van der Waals surface area contributed by atoms with Crippen LogP contribution >= 0.6 is 0 Å². The van der Waals surface area contributed by atoms with Crippen LogP contribution in [0.25, 0.3) is 0 Å². The van der Waals surface area contributed by atoms with E-state index in [9.17, 15) is 9.50 Å². The number of aliphatic hydroxyl groups excluding tert-OH is 1. The molecule has 3 N–H and O–H groups in total. The summed E-state index contributed by atoms with van der Waals surface area (Å²) in [6, 6.07) is 4.05. The summed E-state index contributed by atoms with van der Waals surface area (Å²) in [5, 5.41) is 21.6. The molecule has 16 heavy (non-hydrogen) atoms. The first-order valence-corrected chi connectivity index (χ1v) is 5.40. The zero-order valence-corrected chi connectivity index (χ0v) is 9.57. The van der Waals surface area contributed by atoms with Gasteiger partial charge in [0.05, 0.1) is 0 Å². The molecule has 0 heterocycles. The highest BCUT2D eigenvalue weighted by Gasteiger charge is 2.13. The fourth-order valence-electron chi connectivity index (χ4n) is 1.68. The molecule has 1 rings (SSSR count). The Kier molecular flexibility index (Phi) is 4.71. The number of phenols is 1. The van der Waals surface area contributed by atoms with Gasteiger partial charge in [0.1, 0.15) is 11.6 Å². The van der Waals surface area contributed by atoms with Crippen LogP contribution in [-0.4, -0.2) is 22.9 Å². The van der Waals surface area contributed by atoms with Crippen molar-refractivity contribution in [3.05, 3.63) is 29.6 Å². The number of aromatic hydroxyl groups is 1. The van der Waals surface area contributed by atoms with Gasteiger partial charge in [-0.3, -0.25) is 0 Å². The number of hydrogen-bond acceptors (Lipinski definition) is 3. The zero-order valence-electron chi connectivity index (χ0n) is 9.57. The van der Waals surface area contributed by atoms with E-state index in [4.69, 9.17) is 5.11 Å². The molecule has 0 aliphatic carbocycles. The predicted octanol–water partition coefficient (Wildman–Crippen LogP) is 1.95. The molecule has 0 radical (unpaired) electrons. The summed E-state index contributed by atoms with van der Waals surface area (Å²) in [7, 11) is 0. The minimum absolute atomic E-state index is 0.0452. The minimum atomic E-state index is -0.447. The van der Waals surface area contributed by atoms with Crippen LogP contribution in [0.5, 0.6) is 5.75 Å². The van der Waals surface area contributed by atoms with Crippen LogP contribution in [0.1, 0.15) is 31.9 Å². The van der Waals surface area contributed by atoms with E-state index in [0.29, 0.717) is 12.0 Å². The van der Waals surface area contributed by atoms with Crippen molar-refractivity contribution in [3.63, 3.8) is 0 Å². The van der Waals surface area contributed by atoms with Crippen molar-refractivity contribution in [1.82, 2.24) is 5.32 Å². The molecule has 0 saturated heterocycles. The second-order valence-corrected chi connectivity index (χ2v) is 4.00. The van der Waals surface area contributed by atoms with Gasteiger partial charge in [-0.25, -0.2) is 4.39 Å². The lowest BCUT2D eigenvalue weighted by atomic mass is 10.1. The van der Waals surface area contributed by atoms with Crippen molar-refractivity contribution >= 4 is 0 Å². The summed E-state index contributed by atoms with van der Waals surface area (Å²) in [5.74, 6) is -0.493. The number of halogens is 1. The van der Waals surface area contributed by atoms with Crippen LogP contribution in [0.3, 0.4) is 0 Å². The van der Waals surface area contributed by atoms with Gasteiger partial charge in [0.2, 0.25) is 0 Å². The van der Waals surface area contributed by atoms with Crippen LogP contribution in [0, 0.1) is 5.82 Å². The standard InChI is InChI=1S/C12H18FNO2/c1-8(5-6-15)14-9(2)11-4-3-10(13)7-12(11)16/h3-4,7-9,14-16H,5-6H2,1-2H3/t8-,9?/m1/s1. The van der Waals surface area contributed by atoms with E-state index in [1.54, 1.807) is 6.07 Å². The molecule has 4 heteroatoms. The van der Waals surface area contributed by atoms with Gasteiger partial charge in [-0.1, -0.05) is 6.07 Å². The Morgan fingerprint density at radius 1 is 1.38 bits per heavy atom. The monoisotopic (exact) mass is 227 g/mol. The van der Waals surface area contributed by atoms with E-state index >= 15 is 0 Å². The first-order chi connectivity index (χ1) is 7.54. The molecule has 1 aromatic rings. The van der Waals surface area contributed by atoms with E-state index in [2.05, 4.69) is 5.32 Å². The lowest BCUT2D eigenvalue weighted by molar-refractivity contribution is 0.264. The van der Waals surface area contributed by atoms with Gasteiger partial charge in [-0.15, -0.1) is 0 Å². The Labute approximate surface area is 94.9 Å². The summed E-state index contributed by atoms with van der Waals surface area (Å²) >= 11 is 0. The van der Waals surface area contributed by atoms with Gasteiger partial charge in [0.25, 0.3) is 0 Å². The molecule has 90 valence electrons. The smallest absolute Gasteiger partial charge is 0.126 e. The Balaban J connectivity index is 2.69. The number of aliphatic hydroxyl groups is 1. The van der Waals surface area contributed by atoms with Crippen molar-refractivity contribution in [2.75, 3.05) is 6.61 Å². The third-order valence-electron chi connectivity index (χ3n) is 2.56. The van der Waals surface area contributed by atoms with Crippen molar-refractivity contribution in [3.8, 4) is 5.75 Å². The van der Waals surface area contributed by atoms with Crippen molar-refractivity contribution in [2.45, 2.75) is 32.4 Å². The summed E-state index contributed by atoms with van der Waals surface area (Å²) < 4.78 is 12.8. The van der Waals surface area contributed by atoms with Gasteiger partial charge in [0, 0.05) is 30.3 Å². The molecule has 0 aliphatic rings. The topological polar surface area (TPSA) is 52.5 Å². The number of rotatable bonds is 5. The lowest BCUT2D eigenvalue weighted by Gasteiger charge is -2.20. The molecule has 0 spiro atoms. The minimum Gasteiger partial charge on any atom is -0.508 e. The molecular weight excluding hydrogens is 209 g/mol. The second kappa shape index (κ2) is 5.82. The zero-order chi connectivity index (χ0) is 12.1. The highest BCUT2D eigenvalue weighted by molar-refractivity contribution is 5.34. The first kappa shape index (κ1) is 12.9. The van der Waals surface area contributed by atoms with E-state index in [-0.39, 0.29) is 24.4 Å². The summed E-state index contributed by atoms with van der Waals surface area (Å²) in [6.45, 7) is 3.96. The van der Waals surface area contributed by atoms with E-state index in [1.165, 1.54) is 6.07 Å². The number of nitrogens with one attached hydrogen (secondary N) is 1. The molecule has 0 aliphatic heterocycles. The Morgan fingerprint density at radius 2 is 2.06 bits per heavy atom. The molecule has 0 fully saturated rings. The average molecular weight is 227 g/mol. The van der Waals surface area contributed by atoms with Crippen LogP contribution < -0.4 is 5.32 Å². The molecule has 0 saturated carbocycles. The lowest BCUT2D eigenvalue weighted by Crippen LogP contribution is -2.29. The van der Waals surface area contributed by atoms with Gasteiger partial charge >= 0.3 is 0 Å². The van der Waals surface area contributed by atoms with Crippen molar-refractivity contribution in [1.29, 1.82) is 0 Å². The molecule has 3 nitrogen and oxygen atoms in total. The third-order valence-corrected chi connectivity index (χ3v) is 2.56. The maximum atomic E-state index is 12.8. The second-order valence-electron chi connectivity index (χ2n) is 4.00. The van der Waals surface area contributed by atoms with Gasteiger partial charge < -0.3 is 15.5 Å². The highest BCUT2D eigenvalue weighted by atomic mass is 19.1. The van der Waals surface area contributed by atoms with Crippen LogP contribution in [0.15, 0.2) is 18.2 Å². The summed E-state index contributed by atoms with van der Waals surface area (Å²) in [4.78, 5) is 0. The SMILES string of the molecule is CC(N[C@H](C)CCO)c1ccc(F)cc1O. The summed E-state index contributed by atoms with van der Waals surface area (Å²) in [5.41, 5.74) is 0.659. The van der Waals surface area contributed by atoms with Gasteiger partial charge in [-0.2, -0.15) is 0 Å². The maximum absolute atomic E-state index is 12.8. The quantitative estimate of drug-likeness (QED) is 0.720. The maximum Gasteiger partial charge on any atom is 0.126 e. The summed E-state index contributed by atoms with van der Waals surface area (Å²) in [6.07, 6.45) is 0.645. The molecule has 1 aromatic carbocycles. The third kappa shape index (κ3) is 3.47. The number of hydrogen-bond donors (Lipinski definition) is 3. The van der Waals surface area contributed by atoms with E-state index in [0.717, 1.165) is 6.07 Å². The fourth-order valence-corrected chi connectivity index (χ4v) is 1.68. The van der Waals surface area contributed by atoms with Crippen LogP contribution in [0.2, 0.25) is 0 Å². The molecular formula is C12H18FNO2. The average Bonchev–Trinajstić information content (AvgIpc) is 2.17. The van der Waals surface area contributed by atoms with Gasteiger partial charge in [-0.05, 0) is 26.3 Å². The molecule has 0 bridgehead atoms. The predicted molar refractivity (Wildman–Crippen MR) is 60.8 cm³/mol. The van der Waals surface area contributed by atoms with E-state index < -0.39 is 5.82 Å². The van der Waals surface area contributed by atoms with E-state index in [1.807, 2.05) is 13.8 Å². The molecule has 0 amide bonds. The number of benzene rings is 1. The highest BCUT2D eigenvalue weighted by Crippen LogP contribution is 2.25. The first-order valence-electron chi connectivity index (χ1n) is 5.40. The van der Waals surface area contributed by atoms with Crippen LogP contribution in [-0.2, 0) is 0 Å². The fraction of sp³-hybridized carbons (Fsp3) is 0.500.